The van der Waals surface area contributed by atoms with Crippen LogP contribution in [0, 0.1) is 0 Å². The van der Waals surface area contributed by atoms with Crippen LogP contribution in [0.25, 0.3) is 11.4 Å². The number of carbonyl (C=O) groups is 1. The van der Waals surface area contributed by atoms with Crippen molar-refractivity contribution >= 4 is 23.4 Å². The third-order valence-electron chi connectivity index (χ3n) is 4.91. The summed E-state index contributed by atoms with van der Waals surface area (Å²) in [4.78, 5) is 13.3. The van der Waals surface area contributed by atoms with Gasteiger partial charge in [0.1, 0.15) is 16.7 Å². The lowest BCUT2D eigenvalue weighted by Gasteiger charge is -2.17. The van der Waals surface area contributed by atoms with E-state index in [1.165, 1.54) is 16.4 Å². The van der Waals surface area contributed by atoms with Crippen LogP contribution in [0.15, 0.2) is 84.0 Å². The van der Waals surface area contributed by atoms with Gasteiger partial charge in [0.2, 0.25) is 11.1 Å². The number of para-hydroxylation sites is 1. The molecule has 8 nitrogen and oxygen atoms in total. The Morgan fingerprint density at radius 1 is 0.970 bits per heavy atom. The fourth-order valence-electron chi connectivity index (χ4n) is 3.29. The highest BCUT2D eigenvalue weighted by molar-refractivity contribution is 8.00. The van der Waals surface area contributed by atoms with Crippen molar-refractivity contribution in [3.63, 3.8) is 0 Å². The summed E-state index contributed by atoms with van der Waals surface area (Å²) >= 11 is 1.21. The molecule has 0 fully saturated rings. The van der Waals surface area contributed by atoms with Crippen LogP contribution in [0.5, 0.6) is 11.5 Å². The number of benzene rings is 3. The number of anilines is 1. The summed E-state index contributed by atoms with van der Waals surface area (Å²) in [5.74, 6) is 7.84. The number of hydrogen-bond donors (Lipinski definition) is 2. The summed E-state index contributed by atoms with van der Waals surface area (Å²) in [6.07, 6.45) is 0. The lowest BCUT2D eigenvalue weighted by Crippen LogP contribution is -2.20. The number of hydrogen-bond acceptors (Lipinski definition) is 7. The van der Waals surface area contributed by atoms with Crippen molar-refractivity contribution in [1.82, 2.24) is 14.9 Å². The van der Waals surface area contributed by atoms with Crippen molar-refractivity contribution in [2.75, 3.05) is 25.4 Å². The third-order valence-corrected chi connectivity index (χ3v) is 6.12. The van der Waals surface area contributed by atoms with Crippen LogP contribution in [-0.4, -0.2) is 35.0 Å². The number of nitrogens with one attached hydrogen (secondary N) is 1. The normalized spacial score (nSPS) is 11.6. The minimum Gasteiger partial charge on any atom is -0.497 e. The molecule has 4 aromatic rings. The Hall–Kier alpha value is -3.98. The first-order valence-electron chi connectivity index (χ1n) is 10.1. The van der Waals surface area contributed by atoms with Crippen LogP contribution in [0.4, 0.5) is 5.69 Å². The molecule has 0 aliphatic heterocycles. The maximum absolute atomic E-state index is 13.3. The standard InChI is InChI=1S/C24H23N5O3S/c1-31-18-12-8-11-17(15-18)26-23(30)21(16-9-4-3-5-10-16)33-24-28-27-22(29(24)25)19-13-6-7-14-20(19)32-2/h3-15,21H,25H2,1-2H3,(H,26,30)/t21-/m1/s1. The molecule has 3 N–H and O–H groups in total. The van der Waals surface area contributed by atoms with E-state index >= 15 is 0 Å². The molecule has 1 atom stereocenters. The molecule has 168 valence electrons. The molecular formula is C24H23N5O3S. The number of methoxy groups -OCH3 is 2. The van der Waals surface area contributed by atoms with Crippen molar-refractivity contribution in [3.05, 3.63) is 84.4 Å². The topological polar surface area (TPSA) is 104 Å². The van der Waals surface area contributed by atoms with E-state index in [1.807, 2.05) is 66.7 Å². The molecule has 0 spiro atoms. The summed E-state index contributed by atoms with van der Waals surface area (Å²) in [5, 5.41) is 11.2. The van der Waals surface area contributed by atoms with E-state index in [4.69, 9.17) is 15.3 Å². The number of amides is 1. The highest BCUT2D eigenvalue weighted by Crippen LogP contribution is 2.37. The van der Waals surface area contributed by atoms with Crippen LogP contribution in [0.1, 0.15) is 10.8 Å². The van der Waals surface area contributed by atoms with Gasteiger partial charge in [0.25, 0.3) is 0 Å². The van der Waals surface area contributed by atoms with Gasteiger partial charge in [-0.2, -0.15) is 0 Å². The Bertz CT molecular complexity index is 1250. The maximum atomic E-state index is 13.3. The van der Waals surface area contributed by atoms with Crippen LogP contribution >= 0.6 is 11.8 Å². The summed E-state index contributed by atoms with van der Waals surface area (Å²) in [5.41, 5.74) is 2.15. The van der Waals surface area contributed by atoms with E-state index in [0.29, 0.717) is 33.7 Å². The SMILES string of the molecule is COc1cccc(NC(=O)[C@H](Sc2nnc(-c3ccccc3OC)n2N)c2ccccc2)c1. The highest BCUT2D eigenvalue weighted by Gasteiger charge is 2.26. The van der Waals surface area contributed by atoms with Crippen LogP contribution < -0.4 is 20.6 Å². The lowest BCUT2D eigenvalue weighted by atomic mass is 10.1. The van der Waals surface area contributed by atoms with E-state index in [0.717, 1.165) is 5.56 Å². The van der Waals surface area contributed by atoms with Gasteiger partial charge in [-0.15, -0.1) is 10.2 Å². The zero-order chi connectivity index (χ0) is 23.2. The van der Waals surface area contributed by atoms with Gasteiger partial charge in [-0.1, -0.05) is 60.3 Å². The number of thioether (sulfide) groups is 1. The highest BCUT2D eigenvalue weighted by atomic mass is 32.2. The average Bonchev–Trinajstić information content (AvgIpc) is 3.22. The second-order valence-corrected chi connectivity index (χ2v) is 8.08. The first kappa shape index (κ1) is 22.2. The monoisotopic (exact) mass is 461 g/mol. The van der Waals surface area contributed by atoms with Crippen molar-refractivity contribution < 1.29 is 14.3 Å². The number of nitrogens with zero attached hydrogens (tertiary/aromatic N) is 3. The quantitative estimate of drug-likeness (QED) is 0.300. The number of aromatic nitrogens is 3. The smallest absolute Gasteiger partial charge is 0.242 e. The fourth-order valence-corrected chi connectivity index (χ4v) is 4.24. The molecule has 1 amide bonds. The number of nitrogen functional groups attached to an aromatic ring is 1. The predicted octanol–water partition coefficient (Wildman–Crippen LogP) is 4.15. The molecule has 0 radical (unpaired) electrons. The molecule has 0 saturated carbocycles. The van der Waals surface area contributed by atoms with Crippen LogP contribution in [0.3, 0.4) is 0 Å². The van der Waals surface area contributed by atoms with Crippen molar-refractivity contribution in [2.24, 2.45) is 0 Å². The van der Waals surface area contributed by atoms with E-state index in [2.05, 4.69) is 15.5 Å². The molecular weight excluding hydrogens is 438 g/mol. The number of ether oxygens (including phenoxy) is 2. The zero-order valence-electron chi connectivity index (χ0n) is 18.1. The Kier molecular flexibility index (Phi) is 6.80. The average molecular weight is 462 g/mol. The summed E-state index contributed by atoms with van der Waals surface area (Å²) in [7, 11) is 3.16. The van der Waals surface area contributed by atoms with Gasteiger partial charge in [-0.05, 0) is 29.8 Å². The number of rotatable bonds is 8. The number of carbonyl (C=O) groups excluding carboxylic acids is 1. The lowest BCUT2D eigenvalue weighted by molar-refractivity contribution is -0.115. The van der Waals surface area contributed by atoms with Gasteiger partial charge >= 0.3 is 0 Å². The Labute approximate surface area is 195 Å². The van der Waals surface area contributed by atoms with E-state index in [9.17, 15) is 4.79 Å². The van der Waals surface area contributed by atoms with E-state index in [-0.39, 0.29) is 5.91 Å². The molecule has 0 aliphatic rings. The molecule has 0 unspecified atom stereocenters. The first-order chi connectivity index (χ1) is 16.1. The summed E-state index contributed by atoms with van der Waals surface area (Å²) in [6, 6.07) is 24.1. The van der Waals surface area contributed by atoms with Gasteiger partial charge in [-0.25, -0.2) is 4.68 Å². The third kappa shape index (κ3) is 4.93. The second-order valence-electron chi connectivity index (χ2n) is 7.01. The minimum atomic E-state index is -0.616. The molecule has 0 aliphatic carbocycles. The molecule has 4 rings (SSSR count). The molecule has 0 saturated heterocycles. The van der Waals surface area contributed by atoms with Gasteiger partial charge in [-0.3, -0.25) is 4.79 Å². The van der Waals surface area contributed by atoms with E-state index < -0.39 is 5.25 Å². The van der Waals surface area contributed by atoms with Gasteiger partial charge in [0.15, 0.2) is 5.82 Å². The van der Waals surface area contributed by atoms with Crippen molar-refractivity contribution in [2.45, 2.75) is 10.4 Å². The molecule has 1 heterocycles. The molecule has 0 bridgehead atoms. The van der Waals surface area contributed by atoms with E-state index in [1.54, 1.807) is 26.4 Å². The largest absolute Gasteiger partial charge is 0.497 e. The Morgan fingerprint density at radius 2 is 1.73 bits per heavy atom. The molecule has 3 aromatic carbocycles. The summed E-state index contributed by atoms with van der Waals surface area (Å²) in [6.45, 7) is 0. The van der Waals surface area contributed by atoms with Crippen molar-refractivity contribution in [1.29, 1.82) is 0 Å². The first-order valence-corrected chi connectivity index (χ1v) is 11.0. The number of nitrogens with two attached hydrogens (primary N) is 1. The van der Waals surface area contributed by atoms with Crippen LogP contribution in [-0.2, 0) is 4.79 Å². The Morgan fingerprint density at radius 3 is 2.48 bits per heavy atom. The van der Waals surface area contributed by atoms with Crippen LogP contribution in [0.2, 0.25) is 0 Å². The summed E-state index contributed by atoms with van der Waals surface area (Å²) < 4.78 is 12.0. The van der Waals surface area contributed by atoms with Crippen molar-refractivity contribution in [3.8, 4) is 22.9 Å². The van der Waals surface area contributed by atoms with Gasteiger partial charge < -0.3 is 20.6 Å². The molecule has 1 aromatic heterocycles. The minimum absolute atomic E-state index is 0.221. The Balaban J connectivity index is 1.64. The van der Waals surface area contributed by atoms with Gasteiger partial charge in [0, 0.05) is 11.8 Å². The van der Waals surface area contributed by atoms with Gasteiger partial charge in [0.05, 0.1) is 19.8 Å². The second kappa shape index (κ2) is 10.1. The fraction of sp³-hybridized carbons (Fsp3) is 0.125. The maximum Gasteiger partial charge on any atom is 0.242 e. The predicted molar refractivity (Wildman–Crippen MR) is 129 cm³/mol. The molecule has 9 heteroatoms. The zero-order valence-corrected chi connectivity index (χ0v) is 19.0. The molecule has 33 heavy (non-hydrogen) atoms.